The monoisotopic (exact) mass is 302 g/mol. The quantitative estimate of drug-likeness (QED) is 0.864. The Kier molecular flexibility index (Phi) is 4.96. The molecule has 1 aliphatic rings. The molecular weight excluding hydrogens is 280 g/mol. The van der Waals surface area contributed by atoms with Gasteiger partial charge in [0.05, 0.1) is 0 Å². The molecule has 0 unspecified atom stereocenters. The van der Waals surface area contributed by atoms with Gasteiger partial charge in [-0.15, -0.1) is 0 Å². The zero-order valence-electron chi connectivity index (χ0n) is 13.4. The molecule has 1 aromatic carbocycles. The Bertz CT molecular complexity index is 583. The summed E-state index contributed by atoms with van der Waals surface area (Å²) in [5, 5.41) is 2.80. The Balaban J connectivity index is 1.96. The van der Waals surface area contributed by atoms with Crippen molar-refractivity contribution in [2.45, 2.75) is 40.0 Å². The maximum absolute atomic E-state index is 12.3. The Morgan fingerprint density at radius 1 is 1.09 bits per heavy atom. The summed E-state index contributed by atoms with van der Waals surface area (Å²) in [6, 6.07) is 3.94. The SMILES string of the molecule is Cc1cc(C)c(C(=O)NCCN2C(=O)CCCC2=O)c(C)c1. The van der Waals surface area contributed by atoms with Crippen LogP contribution in [0.15, 0.2) is 12.1 Å². The summed E-state index contributed by atoms with van der Waals surface area (Å²) in [5.41, 5.74) is 3.65. The van der Waals surface area contributed by atoms with E-state index in [0.717, 1.165) is 16.7 Å². The maximum atomic E-state index is 12.3. The lowest BCUT2D eigenvalue weighted by molar-refractivity contribution is -0.147. The minimum absolute atomic E-state index is 0.145. The van der Waals surface area contributed by atoms with Gasteiger partial charge in [0.15, 0.2) is 0 Å². The van der Waals surface area contributed by atoms with Crippen LogP contribution in [0, 0.1) is 20.8 Å². The van der Waals surface area contributed by atoms with Crippen molar-refractivity contribution in [1.29, 1.82) is 0 Å². The Labute approximate surface area is 130 Å². The van der Waals surface area contributed by atoms with E-state index in [1.54, 1.807) is 0 Å². The molecule has 0 radical (unpaired) electrons. The summed E-state index contributed by atoms with van der Waals surface area (Å²) in [6.45, 7) is 6.34. The fourth-order valence-electron chi connectivity index (χ4n) is 2.96. The van der Waals surface area contributed by atoms with Crippen LogP contribution in [-0.2, 0) is 9.59 Å². The lowest BCUT2D eigenvalue weighted by atomic mass is 9.99. The second-order valence-electron chi connectivity index (χ2n) is 5.82. The molecule has 0 aromatic heterocycles. The number of carbonyl (C=O) groups excluding carboxylic acids is 3. The van der Waals surface area contributed by atoms with Gasteiger partial charge < -0.3 is 5.32 Å². The molecule has 1 N–H and O–H groups in total. The molecule has 5 nitrogen and oxygen atoms in total. The summed E-state index contributed by atoms with van der Waals surface area (Å²) >= 11 is 0. The van der Waals surface area contributed by atoms with E-state index in [0.29, 0.717) is 24.8 Å². The van der Waals surface area contributed by atoms with Crippen LogP contribution in [0.3, 0.4) is 0 Å². The van der Waals surface area contributed by atoms with Crippen LogP contribution in [0.4, 0.5) is 0 Å². The van der Waals surface area contributed by atoms with E-state index in [2.05, 4.69) is 5.32 Å². The van der Waals surface area contributed by atoms with Crippen molar-refractivity contribution in [1.82, 2.24) is 10.2 Å². The van der Waals surface area contributed by atoms with Crippen LogP contribution in [0.5, 0.6) is 0 Å². The van der Waals surface area contributed by atoms with Crippen molar-refractivity contribution < 1.29 is 14.4 Å². The zero-order chi connectivity index (χ0) is 16.3. The van der Waals surface area contributed by atoms with Crippen molar-refractivity contribution in [2.24, 2.45) is 0 Å². The zero-order valence-corrected chi connectivity index (χ0v) is 13.4. The molecule has 1 fully saturated rings. The molecule has 1 aliphatic heterocycles. The first kappa shape index (κ1) is 16.2. The van der Waals surface area contributed by atoms with Crippen LogP contribution >= 0.6 is 0 Å². The fraction of sp³-hybridized carbons (Fsp3) is 0.471. The molecule has 0 atom stereocenters. The largest absolute Gasteiger partial charge is 0.350 e. The number of amides is 3. The molecule has 5 heteroatoms. The van der Waals surface area contributed by atoms with Crippen molar-refractivity contribution >= 4 is 17.7 Å². The van der Waals surface area contributed by atoms with Crippen LogP contribution < -0.4 is 5.32 Å². The summed E-state index contributed by atoms with van der Waals surface area (Å²) < 4.78 is 0. The predicted molar refractivity (Wildman–Crippen MR) is 83.6 cm³/mol. The van der Waals surface area contributed by atoms with Crippen LogP contribution in [0.1, 0.15) is 46.3 Å². The third-order valence-electron chi connectivity index (χ3n) is 3.91. The van der Waals surface area contributed by atoms with E-state index < -0.39 is 0 Å². The highest BCUT2D eigenvalue weighted by molar-refractivity contribution is 5.98. The van der Waals surface area contributed by atoms with Gasteiger partial charge in [0.1, 0.15) is 0 Å². The van der Waals surface area contributed by atoms with E-state index >= 15 is 0 Å². The van der Waals surface area contributed by atoms with Gasteiger partial charge >= 0.3 is 0 Å². The number of rotatable bonds is 4. The second kappa shape index (κ2) is 6.73. The van der Waals surface area contributed by atoms with Gasteiger partial charge in [-0.2, -0.15) is 0 Å². The number of nitrogens with one attached hydrogen (secondary N) is 1. The molecule has 1 heterocycles. The number of hydrogen-bond donors (Lipinski definition) is 1. The molecule has 22 heavy (non-hydrogen) atoms. The van der Waals surface area contributed by atoms with E-state index in [9.17, 15) is 14.4 Å². The standard InChI is InChI=1S/C17H22N2O3/c1-11-9-12(2)16(13(3)10-11)17(22)18-7-8-19-14(20)5-4-6-15(19)21/h9-10H,4-8H2,1-3H3,(H,18,22). The normalized spacial score (nSPS) is 15.1. The first-order valence-corrected chi connectivity index (χ1v) is 7.59. The van der Waals surface area contributed by atoms with Gasteiger partial charge in [0, 0.05) is 31.5 Å². The first-order chi connectivity index (χ1) is 10.4. The number of imide groups is 1. The average Bonchev–Trinajstić information content (AvgIpc) is 2.41. The molecule has 0 saturated carbocycles. The Morgan fingerprint density at radius 3 is 2.18 bits per heavy atom. The number of aryl methyl sites for hydroxylation is 3. The number of piperidine rings is 1. The van der Waals surface area contributed by atoms with Gasteiger partial charge in [-0.3, -0.25) is 19.3 Å². The molecule has 118 valence electrons. The van der Waals surface area contributed by atoms with Gasteiger partial charge in [0.25, 0.3) is 5.91 Å². The number of likely N-dealkylation sites (tertiary alicyclic amines) is 1. The molecule has 1 aromatic rings. The molecular formula is C17H22N2O3. The molecule has 0 aliphatic carbocycles. The lowest BCUT2D eigenvalue weighted by Crippen LogP contribution is -2.44. The predicted octanol–water partition coefficient (Wildman–Crippen LogP) is 1.88. The van der Waals surface area contributed by atoms with Gasteiger partial charge in [-0.25, -0.2) is 0 Å². The van der Waals surface area contributed by atoms with Crippen molar-refractivity contribution in [3.63, 3.8) is 0 Å². The summed E-state index contributed by atoms with van der Waals surface area (Å²) in [4.78, 5) is 36.9. The van der Waals surface area contributed by atoms with E-state index in [1.807, 2.05) is 32.9 Å². The minimum atomic E-state index is -0.160. The van der Waals surface area contributed by atoms with E-state index in [1.165, 1.54) is 4.90 Å². The number of benzene rings is 1. The molecule has 2 rings (SSSR count). The topological polar surface area (TPSA) is 66.5 Å². The van der Waals surface area contributed by atoms with Crippen molar-refractivity contribution in [3.8, 4) is 0 Å². The third-order valence-corrected chi connectivity index (χ3v) is 3.91. The van der Waals surface area contributed by atoms with Crippen molar-refractivity contribution in [2.75, 3.05) is 13.1 Å². The van der Waals surface area contributed by atoms with Crippen LogP contribution in [0.25, 0.3) is 0 Å². The van der Waals surface area contributed by atoms with E-state index in [-0.39, 0.29) is 30.8 Å². The first-order valence-electron chi connectivity index (χ1n) is 7.59. The fourth-order valence-corrected chi connectivity index (χ4v) is 2.96. The highest BCUT2D eigenvalue weighted by Crippen LogP contribution is 2.16. The lowest BCUT2D eigenvalue weighted by Gasteiger charge is -2.24. The Morgan fingerprint density at radius 2 is 1.64 bits per heavy atom. The summed E-state index contributed by atoms with van der Waals surface area (Å²) in [5.74, 6) is -0.451. The summed E-state index contributed by atoms with van der Waals surface area (Å²) in [7, 11) is 0. The number of nitrogens with zero attached hydrogens (tertiary/aromatic N) is 1. The molecule has 0 spiro atoms. The van der Waals surface area contributed by atoms with Crippen molar-refractivity contribution in [3.05, 3.63) is 34.4 Å². The third kappa shape index (κ3) is 3.53. The van der Waals surface area contributed by atoms with Crippen LogP contribution in [0.2, 0.25) is 0 Å². The number of carbonyl (C=O) groups is 3. The van der Waals surface area contributed by atoms with Gasteiger partial charge in [0.2, 0.25) is 11.8 Å². The average molecular weight is 302 g/mol. The highest BCUT2D eigenvalue weighted by Gasteiger charge is 2.25. The summed E-state index contributed by atoms with van der Waals surface area (Å²) in [6.07, 6.45) is 1.45. The van der Waals surface area contributed by atoms with Gasteiger partial charge in [-0.1, -0.05) is 17.7 Å². The van der Waals surface area contributed by atoms with Crippen LogP contribution in [-0.4, -0.2) is 35.7 Å². The smallest absolute Gasteiger partial charge is 0.251 e. The highest BCUT2D eigenvalue weighted by atomic mass is 16.2. The number of hydrogen-bond acceptors (Lipinski definition) is 3. The Hall–Kier alpha value is -2.17. The van der Waals surface area contributed by atoms with Gasteiger partial charge in [-0.05, 0) is 38.3 Å². The van der Waals surface area contributed by atoms with E-state index in [4.69, 9.17) is 0 Å². The molecule has 0 bridgehead atoms. The molecule has 1 saturated heterocycles. The molecule has 3 amide bonds. The second-order valence-corrected chi connectivity index (χ2v) is 5.82. The minimum Gasteiger partial charge on any atom is -0.350 e. The maximum Gasteiger partial charge on any atom is 0.251 e.